The maximum Gasteiger partial charge on any atom is 0.338 e. The van der Waals surface area contributed by atoms with Gasteiger partial charge >= 0.3 is 5.97 Å². The smallest absolute Gasteiger partial charge is 0.338 e. The van der Waals surface area contributed by atoms with Crippen molar-refractivity contribution in [2.24, 2.45) is 0 Å². The molecule has 24 heavy (non-hydrogen) atoms. The van der Waals surface area contributed by atoms with E-state index in [9.17, 15) is 14.9 Å². The number of Topliss-reactive ketones (excluding diaryl/α,β-unsaturated/α-hetero) is 1. The van der Waals surface area contributed by atoms with E-state index in [-0.39, 0.29) is 18.0 Å². The first-order chi connectivity index (χ1) is 11.4. The minimum Gasteiger partial charge on any atom is -0.462 e. The molecule has 0 aromatic heterocycles. The van der Waals surface area contributed by atoms with E-state index < -0.39 is 11.4 Å². The summed E-state index contributed by atoms with van der Waals surface area (Å²) in [6.45, 7) is 5.39. The van der Waals surface area contributed by atoms with Gasteiger partial charge in [0.15, 0.2) is 5.78 Å². The molecular weight excluding hydrogens is 302 g/mol. The van der Waals surface area contributed by atoms with Gasteiger partial charge in [-0.2, -0.15) is 5.26 Å². The second-order valence-electron chi connectivity index (χ2n) is 5.88. The number of benzene rings is 2. The summed E-state index contributed by atoms with van der Waals surface area (Å²) < 4.78 is 5.09. The van der Waals surface area contributed by atoms with Gasteiger partial charge in [-0.1, -0.05) is 36.4 Å². The number of carbonyl (C=O) groups excluding carboxylic acids is 2. The van der Waals surface area contributed by atoms with Gasteiger partial charge in [0.2, 0.25) is 0 Å². The van der Waals surface area contributed by atoms with Crippen LogP contribution in [-0.4, -0.2) is 18.4 Å². The number of ketones is 1. The fourth-order valence-corrected chi connectivity index (χ4v) is 2.76. The molecule has 122 valence electrons. The molecule has 0 heterocycles. The van der Waals surface area contributed by atoms with Crippen LogP contribution in [0.15, 0.2) is 48.5 Å². The molecule has 0 fully saturated rings. The van der Waals surface area contributed by atoms with E-state index in [0.29, 0.717) is 16.7 Å². The zero-order valence-electron chi connectivity index (χ0n) is 14.0. The summed E-state index contributed by atoms with van der Waals surface area (Å²) in [4.78, 5) is 25.3. The second kappa shape index (κ2) is 7.10. The van der Waals surface area contributed by atoms with Gasteiger partial charge in [0.05, 0.1) is 29.2 Å². The lowest BCUT2D eigenvalue weighted by molar-refractivity contribution is 0.0523. The van der Waals surface area contributed by atoms with Gasteiger partial charge in [-0.25, -0.2) is 4.79 Å². The first-order valence-electron chi connectivity index (χ1n) is 7.74. The van der Waals surface area contributed by atoms with Gasteiger partial charge in [-0.05, 0) is 38.5 Å². The first kappa shape index (κ1) is 17.4. The Hall–Kier alpha value is -2.93. The van der Waals surface area contributed by atoms with Crippen molar-refractivity contribution in [1.29, 1.82) is 5.26 Å². The SMILES string of the molecule is CCOC(=O)c1cccc(C#N)c1C(C)(C)C(=O)c1ccccc1. The predicted molar refractivity (Wildman–Crippen MR) is 90.9 cm³/mol. The van der Waals surface area contributed by atoms with Gasteiger partial charge in [-0.3, -0.25) is 4.79 Å². The molecule has 0 atom stereocenters. The monoisotopic (exact) mass is 321 g/mol. The molecule has 2 aromatic carbocycles. The molecule has 2 aromatic rings. The van der Waals surface area contributed by atoms with Crippen molar-refractivity contribution in [3.05, 3.63) is 70.8 Å². The molecule has 2 rings (SSSR count). The van der Waals surface area contributed by atoms with Crippen LogP contribution in [0.25, 0.3) is 0 Å². The van der Waals surface area contributed by atoms with Crippen molar-refractivity contribution in [2.45, 2.75) is 26.2 Å². The third-order valence-corrected chi connectivity index (χ3v) is 3.91. The molecule has 0 aliphatic heterocycles. The van der Waals surface area contributed by atoms with Crippen molar-refractivity contribution < 1.29 is 14.3 Å². The third kappa shape index (κ3) is 3.21. The Balaban J connectivity index is 2.63. The molecule has 0 unspecified atom stereocenters. The van der Waals surface area contributed by atoms with E-state index in [2.05, 4.69) is 6.07 Å². The number of hydrogen-bond acceptors (Lipinski definition) is 4. The molecular formula is C20H19NO3. The molecule has 0 spiro atoms. The number of nitriles is 1. The average Bonchev–Trinajstić information content (AvgIpc) is 2.61. The zero-order valence-corrected chi connectivity index (χ0v) is 14.0. The van der Waals surface area contributed by atoms with Crippen LogP contribution in [-0.2, 0) is 10.2 Å². The van der Waals surface area contributed by atoms with Crippen molar-refractivity contribution in [2.75, 3.05) is 6.61 Å². The Morgan fingerprint density at radius 1 is 1.08 bits per heavy atom. The van der Waals surface area contributed by atoms with Crippen molar-refractivity contribution in [3.63, 3.8) is 0 Å². The Morgan fingerprint density at radius 2 is 1.75 bits per heavy atom. The lowest BCUT2D eigenvalue weighted by Crippen LogP contribution is -2.32. The molecule has 0 aliphatic rings. The average molecular weight is 321 g/mol. The first-order valence-corrected chi connectivity index (χ1v) is 7.74. The number of esters is 1. The number of ether oxygens (including phenoxy) is 1. The van der Waals surface area contributed by atoms with Crippen LogP contribution in [0.3, 0.4) is 0 Å². The highest BCUT2D eigenvalue weighted by Gasteiger charge is 2.36. The van der Waals surface area contributed by atoms with E-state index in [1.54, 1.807) is 63.2 Å². The molecule has 0 bridgehead atoms. The summed E-state index contributed by atoms with van der Waals surface area (Å²) in [7, 11) is 0. The van der Waals surface area contributed by atoms with Crippen LogP contribution in [0, 0.1) is 11.3 Å². The maximum absolute atomic E-state index is 13.0. The normalized spacial score (nSPS) is 10.8. The lowest BCUT2D eigenvalue weighted by Gasteiger charge is -2.27. The Kier molecular flexibility index (Phi) is 5.15. The maximum atomic E-state index is 13.0. The highest BCUT2D eigenvalue weighted by Crippen LogP contribution is 2.33. The largest absolute Gasteiger partial charge is 0.462 e. The minimum absolute atomic E-state index is 0.156. The Morgan fingerprint density at radius 3 is 2.33 bits per heavy atom. The van der Waals surface area contributed by atoms with E-state index in [0.717, 1.165) is 0 Å². The summed E-state index contributed by atoms with van der Waals surface area (Å²) in [6, 6.07) is 15.8. The number of rotatable bonds is 5. The molecule has 0 saturated carbocycles. The third-order valence-electron chi connectivity index (χ3n) is 3.91. The fraction of sp³-hybridized carbons (Fsp3) is 0.250. The molecule has 0 aliphatic carbocycles. The van der Waals surface area contributed by atoms with Gasteiger partial charge in [-0.15, -0.1) is 0 Å². The van der Waals surface area contributed by atoms with E-state index in [4.69, 9.17) is 4.74 Å². The summed E-state index contributed by atoms with van der Waals surface area (Å²) in [5, 5.41) is 9.46. The molecule has 0 amide bonds. The lowest BCUT2D eigenvalue weighted by atomic mass is 9.74. The van der Waals surface area contributed by atoms with Crippen LogP contribution in [0.1, 0.15) is 52.6 Å². The molecule has 0 saturated heterocycles. The summed E-state index contributed by atoms with van der Waals surface area (Å²) in [5.74, 6) is -0.685. The summed E-state index contributed by atoms with van der Waals surface area (Å²) >= 11 is 0. The van der Waals surface area contributed by atoms with Crippen molar-refractivity contribution in [3.8, 4) is 6.07 Å². The quantitative estimate of drug-likeness (QED) is 0.619. The van der Waals surface area contributed by atoms with E-state index >= 15 is 0 Å². The summed E-state index contributed by atoms with van der Waals surface area (Å²) in [5.41, 5.74) is 0.445. The minimum atomic E-state index is -1.05. The fourth-order valence-electron chi connectivity index (χ4n) is 2.76. The Bertz CT molecular complexity index is 801. The molecule has 0 N–H and O–H groups in total. The predicted octanol–water partition coefficient (Wildman–Crippen LogP) is 3.90. The van der Waals surface area contributed by atoms with Crippen LogP contribution in [0.5, 0.6) is 0 Å². The highest BCUT2D eigenvalue weighted by molar-refractivity contribution is 6.06. The van der Waals surface area contributed by atoms with Crippen molar-refractivity contribution >= 4 is 11.8 Å². The number of hydrogen-bond donors (Lipinski definition) is 0. The number of nitrogens with zero attached hydrogens (tertiary/aromatic N) is 1. The van der Waals surface area contributed by atoms with Gasteiger partial charge in [0.25, 0.3) is 0 Å². The second-order valence-corrected chi connectivity index (χ2v) is 5.88. The van der Waals surface area contributed by atoms with E-state index in [1.165, 1.54) is 0 Å². The van der Waals surface area contributed by atoms with Crippen LogP contribution < -0.4 is 0 Å². The van der Waals surface area contributed by atoms with Gasteiger partial charge in [0.1, 0.15) is 0 Å². The van der Waals surface area contributed by atoms with Gasteiger partial charge < -0.3 is 4.74 Å². The number of carbonyl (C=O) groups is 2. The van der Waals surface area contributed by atoms with Crippen LogP contribution in [0.4, 0.5) is 0 Å². The topological polar surface area (TPSA) is 67.2 Å². The van der Waals surface area contributed by atoms with Crippen molar-refractivity contribution in [1.82, 2.24) is 0 Å². The Labute approximate surface area is 141 Å². The van der Waals surface area contributed by atoms with E-state index in [1.807, 2.05) is 6.07 Å². The van der Waals surface area contributed by atoms with Crippen LogP contribution in [0.2, 0.25) is 0 Å². The molecule has 4 nitrogen and oxygen atoms in total. The molecule has 4 heteroatoms. The van der Waals surface area contributed by atoms with Crippen LogP contribution >= 0.6 is 0 Å². The standard InChI is InChI=1S/C20H19NO3/c1-4-24-19(23)16-12-8-11-15(13-21)17(16)20(2,3)18(22)14-9-6-5-7-10-14/h5-12H,4H2,1-3H3. The zero-order chi connectivity index (χ0) is 17.7. The van der Waals surface area contributed by atoms with Gasteiger partial charge in [0, 0.05) is 5.56 Å². The molecule has 0 radical (unpaired) electrons. The summed E-state index contributed by atoms with van der Waals surface area (Å²) in [6.07, 6.45) is 0. The highest BCUT2D eigenvalue weighted by atomic mass is 16.5.